The van der Waals surface area contributed by atoms with E-state index in [1.807, 2.05) is 19.1 Å². The van der Waals surface area contributed by atoms with Crippen molar-refractivity contribution in [2.75, 3.05) is 6.54 Å². The summed E-state index contributed by atoms with van der Waals surface area (Å²) in [5.74, 6) is 0. The lowest BCUT2D eigenvalue weighted by atomic mass is 9.93. The monoisotopic (exact) mass is 284 g/mol. The molecule has 3 atom stereocenters. The van der Waals surface area contributed by atoms with Gasteiger partial charge in [-0.2, -0.15) is 0 Å². The predicted octanol–water partition coefficient (Wildman–Crippen LogP) is 1.96. The fourth-order valence-electron chi connectivity index (χ4n) is 1.90. The van der Waals surface area contributed by atoms with Crippen LogP contribution in [0.1, 0.15) is 19.4 Å². The topological polar surface area (TPSA) is 47.3 Å². The van der Waals surface area contributed by atoms with Gasteiger partial charge in [0.25, 0.3) is 0 Å². The number of ether oxygens (including phenoxy) is 1. The zero-order chi connectivity index (χ0) is 11.8. The summed E-state index contributed by atoms with van der Waals surface area (Å²) in [6, 6.07) is 8.35. The molecule has 1 saturated heterocycles. The van der Waals surface area contributed by atoms with Crippen LogP contribution in [0.5, 0.6) is 0 Å². The van der Waals surface area contributed by atoms with E-state index in [4.69, 9.17) is 10.5 Å². The number of morpholine rings is 1. The molecule has 3 nitrogen and oxygen atoms in total. The maximum Gasteiger partial charge on any atom is 0.122 e. The molecule has 0 aromatic heterocycles. The van der Waals surface area contributed by atoms with Crippen molar-refractivity contribution in [3.05, 3.63) is 34.3 Å². The molecular formula is C12H17BrN2O. The van der Waals surface area contributed by atoms with Crippen LogP contribution in [0.3, 0.4) is 0 Å². The summed E-state index contributed by atoms with van der Waals surface area (Å²) >= 11 is 3.47. The molecule has 88 valence electrons. The molecule has 0 saturated carbocycles. The highest BCUT2D eigenvalue weighted by molar-refractivity contribution is 9.10. The van der Waals surface area contributed by atoms with E-state index >= 15 is 0 Å². The van der Waals surface area contributed by atoms with E-state index in [-0.39, 0.29) is 17.9 Å². The van der Waals surface area contributed by atoms with Gasteiger partial charge >= 0.3 is 0 Å². The second-order valence-corrected chi connectivity index (χ2v) is 5.41. The zero-order valence-electron chi connectivity index (χ0n) is 9.53. The lowest BCUT2D eigenvalue weighted by Crippen LogP contribution is -2.58. The summed E-state index contributed by atoms with van der Waals surface area (Å²) in [7, 11) is 0. The van der Waals surface area contributed by atoms with Crippen LogP contribution < -0.4 is 11.1 Å². The Morgan fingerprint density at radius 2 is 2.31 bits per heavy atom. The molecule has 0 aliphatic carbocycles. The maximum atomic E-state index is 5.93. The first kappa shape index (κ1) is 12.0. The Hall–Kier alpha value is -0.420. The number of rotatable bonds is 1. The highest BCUT2D eigenvalue weighted by Gasteiger charge is 2.36. The van der Waals surface area contributed by atoms with E-state index in [1.165, 1.54) is 0 Å². The number of benzene rings is 1. The molecule has 16 heavy (non-hydrogen) atoms. The molecule has 1 aromatic rings. The van der Waals surface area contributed by atoms with Crippen LogP contribution in [0.15, 0.2) is 28.7 Å². The van der Waals surface area contributed by atoms with Gasteiger partial charge in [0.15, 0.2) is 0 Å². The standard InChI is InChI=1S/C12H17BrN2O/c1-8-11(14)16-12(2,7-15-8)9-4-3-5-10(13)6-9/h3-6,8,11,15H,7,14H2,1-2H3. The molecule has 1 fully saturated rings. The molecule has 1 aliphatic heterocycles. The van der Waals surface area contributed by atoms with Crippen LogP contribution in [0.2, 0.25) is 0 Å². The summed E-state index contributed by atoms with van der Waals surface area (Å²) in [6.07, 6.45) is -0.266. The van der Waals surface area contributed by atoms with Gasteiger partial charge in [-0.1, -0.05) is 28.1 Å². The second kappa shape index (κ2) is 4.45. The minimum absolute atomic E-state index is 0.195. The Bertz CT molecular complexity index is 385. The third-order valence-corrected chi connectivity index (χ3v) is 3.58. The van der Waals surface area contributed by atoms with Gasteiger partial charge in [0.1, 0.15) is 11.8 Å². The quantitative estimate of drug-likeness (QED) is 0.829. The third-order valence-electron chi connectivity index (χ3n) is 3.09. The first-order valence-electron chi connectivity index (χ1n) is 5.44. The average Bonchev–Trinajstić information content (AvgIpc) is 2.24. The smallest absolute Gasteiger partial charge is 0.122 e. The molecule has 0 amide bonds. The first-order chi connectivity index (χ1) is 7.51. The molecule has 1 aliphatic rings. The summed E-state index contributed by atoms with van der Waals surface area (Å²) in [6.45, 7) is 4.87. The average molecular weight is 285 g/mol. The van der Waals surface area contributed by atoms with Gasteiger partial charge in [-0.25, -0.2) is 0 Å². The van der Waals surface area contributed by atoms with E-state index in [2.05, 4.69) is 40.3 Å². The number of nitrogens with one attached hydrogen (secondary N) is 1. The Labute approximate surface area is 104 Å². The van der Waals surface area contributed by atoms with E-state index in [9.17, 15) is 0 Å². The highest BCUT2D eigenvalue weighted by atomic mass is 79.9. The molecule has 1 aromatic carbocycles. The van der Waals surface area contributed by atoms with Gasteiger partial charge < -0.3 is 15.8 Å². The highest BCUT2D eigenvalue weighted by Crippen LogP contribution is 2.30. The van der Waals surface area contributed by atoms with Gasteiger partial charge in [0.05, 0.1) is 0 Å². The van der Waals surface area contributed by atoms with Crippen molar-refractivity contribution in [1.29, 1.82) is 0 Å². The Kier molecular flexibility index (Phi) is 3.35. The number of hydrogen-bond acceptors (Lipinski definition) is 3. The molecule has 1 heterocycles. The lowest BCUT2D eigenvalue weighted by molar-refractivity contribution is -0.125. The van der Waals surface area contributed by atoms with Crippen molar-refractivity contribution < 1.29 is 4.74 Å². The lowest BCUT2D eigenvalue weighted by Gasteiger charge is -2.41. The Morgan fingerprint density at radius 1 is 1.56 bits per heavy atom. The van der Waals surface area contributed by atoms with Crippen molar-refractivity contribution in [2.45, 2.75) is 31.7 Å². The van der Waals surface area contributed by atoms with Crippen LogP contribution in [0, 0.1) is 0 Å². The second-order valence-electron chi connectivity index (χ2n) is 4.49. The number of hydrogen-bond donors (Lipinski definition) is 2. The maximum absolute atomic E-state index is 5.93. The van der Waals surface area contributed by atoms with Crippen LogP contribution in [0.25, 0.3) is 0 Å². The zero-order valence-corrected chi connectivity index (χ0v) is 11.1. The van der Waals surface area contributed by atoms with Crippen LogP contribution in [-0.2, 0) is 10.3 Å². The SMILES string of the molecule is CC1NCC(C)(c2cccc(Br)c2)OC1N. The Morgan fingerprint density at radius 3 is 2.94 bits per heavy atom. The van der Waals surface area contributed by atoms with Crippen LogP contribution in [-0.4, -0.2) is 18.8 Å². The molecule has 0 radical (unpaired) electrons. The minimum Gasteiger partial charge on any atom is -0.350 e. The fraction of sp³-hybridized carbons (Fsp3) is 0.500. The Balaban J connectivity index is 2.26. The molecule has 2 rings (SSSR count). The summed E-state index contributed by atoms with van der Waals surface area (Å²) in [4.78, 5) is 0. The number of nitrogens with two attached hydrogens (primary N) is 1. The van der Waals surface area contributed by atoms with Crippen molar-refractivity contribution in [3.8, 4) is 0 Å². The van der Waals surface area contributed by atoms with E-state index in [1.54, 1.807) is 0 Å². The van der Waals surface area contributed by atoms with Gasteiger partial charge in [-0.15, -0.1) is 0 Å². The minimum atomic E-state index is -0.351. The summed E-state index contributed by atoms with van der Waals surface area (Å²) in [5.41, 5.74) is 6.72. The van der Waals surface area contributed by atoms with Crippen LogP contribution in [0.4, 0.5) is 0 Å². The molecule has 3 N–H and O–H groups in total. The molecule has 0 spiro atoms. The van der Waals surface area contributed by atoms with E-state index in [0.29, 0.717) is 0 Å². The first-order valence-corrected chi connectivity index (χ1v) is 6.23. The summed E-state index contributed by atoms with van der Waals surface area (Å²) in [5, 5.41) is 3.37. The van der Waals surface area contributed by atoms with Gasteiger partial charge in [-0.05, 0) is 31.5 Å². The molecule has 0 bridgehead atoms. The molecular weight excluding hydrogens is 268 g/mol. The van der Waals surface area contributed by atoms with Crippen molar-refractivity contribution in [1.82, 2.24) is 5.32 Å². The van der Waals surface area contributed by atoms with Gasteiger partial charge in [-0.3, -0.25) is 0 Å². The number of halogens is 1. The van der Waals surface area contributed by atoms with Crippen molar-refractivity contribution in [3.63, 3.8) is 0 Å². The molecule has 4 heteroatoms. The van der Waals surface area contributed by atoms with Gasteiger partial charge in [0, 0.05) is 17.1 Å². The normalized spacial score (nSPS) is 35.0. The third kappa shape index (κ3) is 2.30. The van der Waals surface area contributed by atoms with Gasteiger partial charge in [0.2, 0.25) is 0 Å². The fourth-order valence-corrected chi connectivity index (χ4v) is 2.30. The van der Waals surface area contributed by atoms with Crippen molar-refractivity contribution >= 4 is 15.9 Å². The van der Waals surface area contributed by atoms with Crippen molar-refractivity contribution in [2.24, 2.45) is 5.73 Å². The van der Waals surface area contributed by atoms with E-state index in [0.717, 1.165) is 16.6 Å². The largest absolute Gasteiger partial charge is 0.350 e. The predicted molar refractivity (Wildman–Crippen MR) is 68.0 cm³/mol. The summed E-state index contributed by atoms with van der Waals surface area (Å²) < 4.78 is 6.98. The molecule has 3 unspecified atom stereocenters. The van der Waals surface area contributed by atoms with E-state index < -0.39 is 0 Å². The van der Waals surface area contributed by atoms with Crippen LogP contribution >= 0.6 is 15.9 Å².